The quantitative estimate of drug-likeness (QED) is 0.538. The van der Waals surface area contributed by atoms with Crippen LogP contribution in [0, 0.1) is 12.3 Å². The highest BCUT2D eigenvalue weighted by Crippen LogP contribution is 2.28. The Bertz CT molecular complexity index is 579. The molecular formula is C15H16Cl2O5S. The molecule has 1 aromatic rings. The van der Waals surface area contributed by atoms with Crippen molar-refractivity contribution in [3.8, 4) is 18.1 Å². The van der Waals surface area contributed by atoms with Gasteiger partial charge in [-0.25, -0.2) is 0 Å². The van der Waals surface area contributed by atoms with E-state index in [0.29, 0.717) is 15.8 Å². The minimum absolute atomic E-state index is 0.0127. The number of hydrogen-bond acceptors (Lipinski definition) is 6. The summed E-state index contributed by atoms with van der Waals surface area (Å²) < 4.78 is 16.3. The molecule has 23 heavy (non-hydrogen) atoms. The van der Waals surface area contributed by atoms with Crippen LogP contribution in [0.15, 0.2) is 18.2 Å². The number of thiol groups is 1. The number of terminal acetylenes is 1. The monoisotopic (exact) mass is 378 g/mol. The molecule has 8 heteroatoms. The molecular weight excluding hydrogens is 363 g/mol. The molecule has 2 rings (SSSR count). The van der Waals surface area contributed by atoms with Crippen LogP contribution in [0.25, 0.3) is 0 Å². The first kappa shape index (κ1) is 18.7. The summed E-state index contributed by atoms with van der Waals surface area (Å²) in [6.07, 6.45) is 1.24. The van der Waals surface area contributed by atoms with Gasteiger partial charge in [-0.3, -0.25) is 0 Å². The third-order valence-electron chi connectivity index (χ3n) is 3.32. The van der Waals surface area contributed by atoms with Crippen molar-refractivity contribution in [2.75, 3.05) is 13.2 Å². The van der Waals surface area contributed by atoms with Gasteiger partial charge in [0.25, 0.3) is 0 Å². The Balaban J connectivity index is 2.00. The van der Waals surface area contributed by atoms with Crippen molar-refractivity contribution < 1.29 is 24.4 Å². The molecule has 0 spiro atoms. The Morgan fingerprint density at radius 2 is 2.00 bits per heavy atom. The summed E-state index contributed by atoms with van der Waals surface area (Å²) in [5, 5.41) is 21.0. The zero-order valence-corrected chi connectivity index (χ0v) is 14.3. The molecule has 5 atom stereocenters. The number of aliphatic hydroxyl groups is 2. The Morgan fingerprint density at radius 1 is 1.26 bits per heavy atom. The van der Waals surface area contributed by atoms with E-state index in [9.17, 15) is 10.2 Å². The highest BCUT2D eigenvalue weighted by Gasteiger charge is 2.44. The van der Waals surface area contributed by atoms with Crippen molar-refractivity contribution in [1.29, 1.82) is 0 Å². The molecule has 0 aromatic heterocycles. The van der Waals surface area contributed by atoms with Crippen LogP contribution in [0.5, 0.6) is 5.75 Å². The van der Waals surface area contributed by atoms with E-state index in [1.807, 2.05) is 0 Å². The van der Waals surface area contributed by atoms with Gasteiger partial charge in [0.15, 0.2) is 0 Å². The summed E-state index contributed by atoms with van der Waals surface area (Å²) >= 11 is 15.9. The van der Waals surface area contributed by atoms with Crippen LogP contribution in [0.3, 0.4) is 0 Å². The lowest BCUT2D eigenvalue weighted by Crippen LogP contribution is -2.58. The van der Waals surface area contributed by atoms with E-state index in [1.165, 1.54) is 0 Å². The third-order valence-corrected chi connectivity index (χ3v) is 4.49. The molecule has 0 amide bonds. The van der Waals surface area contributed by atoms with Crippen LogP contribution in [0.4, 0.5) is 0 Å². The molecule has 1 fully saturated rings. The van der Waals surface area contributed by atoms with Crippen LogP contribution >= 0.6 is 35.8 Å². The molecule has 0 saturated carbocycles. The molecule has 126 valence electrons. The fourth-order valence-corrected chi connectivity index (χ4v) is 2.75. The molecule has 1 aliphatic heterocycles. The predicted octanol–water partition coefficient (Wildman–Crippen LogP) is 1.77. The molecule has 1 saturated heterocycles. The fourth-order valence-electron chi connectivity index (χ4n) is 2.14. The molecule has 1 aliphatic rings. The van der Waals surface area contributed by atoms with Crippen molar-refractivity contribution in [2.24, 2.45) is 0 Å². The van der Waals surface area contributed by atoms with E-state index in [4.69, 9.17) is 43.8 Å². The van der Waals surface area contributed by atoms with E-state index in [2.05, 4.69) is 18.5 Å². The molecule has 0 unspecified atom stereocenters. The van der Waals surface area contributed by atoms with Crippen molar-refractivity contribution in [3.63, 3.8) is 0 Å². The van der Waals surface area contributed by atoms with Crippen LogP contribution in [0.2, 0.25) is 10.0 Å². The normalized spacial score (nSPS) is 30.7. The van der Waals surface area contributed by atoms with Gasteiger partial charge in [0, 0.05) is 6.07 Å². The molecule has 1 aromatic carbocycles. The first-order chi connectivity index (χ1) is 10.9. The summed E-state index contributed by atoms with van der Waals surface area (Å²) in [7, 11) is 0. The second-order valence-electron chi connectivity index (χ2n) is 4.91. The SMILES string of the molecule is C#CCO[C@@H]1[C@@H](O)[C@@H](S)O[C@H](COc2ccc(Cl)c(Cl)c2)[C@@H]1O. The molecule has 0 radical (unpaired) electrons. The van der Waals surface area contributed by atoms with E-state index in [0.717, 1.165) is 0 Å². The molecule has 0 aliphatic carbocycles. The highest BCUT2D eigenvalue weighted by atomic mass is 35.5. The largest absolute Gasteiger partial charge is 0.491 e. The molecule has 0 bridgehead atoms. The van der Waals surface area contributed by atoms with Crippen LogP contribution in [0.1, 0.15) is 0 Å². The standard InChI is InChI=1S/C15H16Cl2O5S/c1-2-5-20-14-12(18)11(22-15(23)13(14)19)7-21-8-3-4-9(16)10(17)6-8/h1,3-4,6,11-15,18-19,23H,5,7H2/t11-,12+,13-,14+,15-/m1/s1. The second kappa shape index (κ2) is 8.45. The average Bonchev–Trinajstić information content (AvgIpc) is 2.53. The Labute approximate surface area is 149 Å². The number of ether oxygens (including phenoxy) is 3. The Kier molecular flexibility index (Phi) is 6.86. The lowest BCUT2D eigenvalue weighted by atomic mass is 10.00. The van der Waals surface area contributed by atoms with E-state index >= 15 is 0 Å². The van der Waals surface area contributed by atoms with Crippen LogP contribution < -0.4 is 4.74 Å². The van der Waals surface area contributed by atoms with Crippen LogP contribution in [-0.2, 0) is 9.47 Å². The van der Waals surface area contributed by atoms with Crippen LogP contribution in [-0.4, -0.2) is 53.3 Å². The minimum Gasteiger partial charge on any atom is -0.491 e. The van der Waals surface area contributed by atoms with Gasteiger partial charge in [-0.05, 0) is 12.1 Å². The summed E-state index contributed by atoms with van der Waals surface area (Å²) in [5.74, 6) is 2.76. The van der Waals surface area contributed by atoms with E-state index < -0.39 is 29.9 Å². The zero-order chi connectivity index (χ0) is 17.0. The fraction of sp³-hybridized carbons (Fsp3) is 0.467. The number of halogens is 2. The maximum absolute atomic E-state index is 10.3. The van der Waals surface area contributed by atoms with Gasteiger partial charge in [0.2, 0.25) is 0 Å². The van der Waals surface area contributed by atoms with Crippen molar-refractivity contribution >= 4 is 35.8 Å². The van der Waals surface area contributed by atoms with Gasteiger partial charge in [0.05, 0.1) is 10.0 Å². The Hall–Kier alpha value is -0.650. The first-order valence-electron chi connectivity index (χ1n) is 6.76. The summed E-state index contributed by atoms with van der Waals surface area (Å²) in [6.45, 7) is -0.0293. The number of hydrogen-bond donors (Lipinski definition) is 3. The highest BCUT2D eigenvalue weighted by molar-refractivity contribution is 7.80. The van der Waals surface area contributed by atoms with Crippen molar-refractivity contribution in [1.82, 2.24) is 0 Å². The summed E-state index contributed by atoms with van der Waals surface area (Å²) in [4.78, 5) is 0. The maximum Gasteiger partial charge on any atom is 0.129 e. The molecule has 5 nitrogen and oxygen atoms in total. The predicted molar refractivity (Wildman–Crippen MR) is 90.2 cm³/mol. The molecule has 2 N–H and O–H groups in total. The van der Waals surface area contributed by atoms with E-state index in [1.54, 1.807) is 18.2 Å². The number of rotatable bonds is 5. The topological polar surface area (TPSA) is 68.2 Å². The van der Waals surface area contributed by atoms with Crippen molar-refractivity contribution in [3.05, 3.63) is 28.2 Å². The second-order valence-corrected chi connectivity index (χ2v) is 6.24. The van der Waals surface area contributed by atoms with Crippen molar-refractivity contribution in [2.45, 2.75) is 29.9 Å². The molecule has 1 heterocycles. The average molecular weight is 379 g/mol. The lowest BCUT2D eigenvalue weighted by molar-refractivity contribution is -0.214. The first-order valence-corrected chi connectivity index (χ1v) is 8.04. The van der Waals surface area contributed by atoms with Gasteiger partial charge >= 0.3 is 0 Å². The Morgan fingerprint density at radius 3 is 2.65 bits per heavy atom. The van der Waals surface area contributed by atoms with Gasteiger partial charge in [-0.2, -0.15) is 0 Å². The summed E-state index contributed by atoms with van der Waals surface area (Å²) in [6, 6.07) is 4.79. The van der Waals surface area contributed by atoms with E-state index in [-0.39, 0.29) is 13.2 Å². The zero-order valence-electron chi connectivity index (χ0n) is 11.9. The van der Waals surface area contributed by atoms with Gasteiger partial charge < -0.3 is 24.4 Å². The minimum atomic E-state index is -1.12. The smallest absolute Gasteiger partial charge is 0.129 e. The van der Waals surface area contributed by atoms with Gasteiger partial charge in [0.1, 0.15) is 48.8 Å². The summed E-state index contributed by atoms with van der Waals surface area (Å²) in [5.41, 5.74) is -0.830. The van der Waals surface area contributed by atoms with Gasteiger partial charge in [-0.1, -0.05) is 29.1 Å². The maximum atomic E-state index is 10.3. The lowest BCUT2D eigenvalue weighted by Gasteiger charge is -2.40. The number of benzene rings is 1. The third kappa shape index (κ3) is 4.68. The number of aliphatic hydroxyl groups excluding tert-OH is 2. The van der Waals surface area contributed by atoms with Gasteiger partial charge in [-0.15, -0.1) is 19.1 Å².